The summed E-state index contributed by atoms with van der Waals surface area (Å²) in [6.45, 7) is 0. The summed E-state index contributed by atoms with van der Waals surface area (Å²) < 4.78 is 0. The van der Waals surface area contributed by atoms with E-state index in [1.165, 1.54) is 0 Å². The van der Waals surface area contributed by atoms with Crippen LogP contribution in [0.15, 0.2) is 5.10 Å². The van der Waals surface area contributed by atoms with Crippen molar-refractivity contribution in [3.8, 4) is 0 Å². The number of aliphatic carboxylic acids is 1. The SMILES string of the molecule is N[C@@H](CC[C@@H]1CC=NNC1=O)C(=O)O. The molecule has 0 saturated carbocycles. The van der Waals surface area contributed by atoms with Crippen molar-refractivity contribution in [3.05, 3.63) is 0 Å². The number of nitrogens with one attached hydrogen (secondary N) is 1. The molecule has 1 aliphatic heterocycles. The number of hydrogen-bond acceptors (Lipinski definition) is 4. The lowest BCUT2D eigenvalue weighted by Crippen LogP contribution is -2.35. The minimum absolute atomic E-state index is 0.162. The number of carbonyl (C=O) groups excluding carboxylic acids is 1. The second-order valence-corrected chi connectivity index (χ2v) is 3.24. The van der Waals surface area contributed by atoms with Gasteiger partial charge < -0.3 is 10.8 Å². The molecule has 14 heavy (non-hydrogen) atoms. The maximum absolute atomic E-state index is 11.2. The van der Waals surface area contributed by atoms with E-state index in [9.17, 15) is 9.59 Å². The van der Waals surface area contributed by atoms with Gasteiger partial charge in [0, 0.05) is 12.1 Å². The first-order chi connectivity index (χ1) is 6.61. The minimum Gasteiger partial charge on any atom is -0.480 e. The summed E-state index contributed by atoms with van der Waals surface area (Å²) in [5.74, 6) is -1.39. The summed E-state index contributed by atoms with van der Waals surface area (Å²) in [6.07, 6.45) is 2.95. The molecule has 0 spiro atoms. The van der Waals surface area contributed by atoms with Gasteiger partial charge in [-0.15, -0.1) is 0 Å². The summed E-state index contributed by atoms with van der Waals surface area (Å²) in [6, 6.07) is -0.887. The quantitative estimate of drug-likeness (QED) is 0.556. The summed E-state index contributed by atoms with van der Waals surface area (Å²) >= 11 is 0. The Morgan fingerprint density at radius 1 is 1.86 bits per heavy atom. The minimum atomic E-state index is -1.03. The zero-order valence-electron chi connectivity index (χ0n) is 7.64. The van der Waals surface area contributed by atoms with Gasteiger partial charge in [-0.1, -0.05) is 0 Å². The summed E-state index contributed by atoms with van der Waals surface area (Å²) in [4.78, 5) is 21.6. The van der Waals surface area contributed by atoms with Gasteiger partial charge in [0.1, 0.15) is 6.04 Å². The first-order valence-electron chi connectivity index (χ1n) is 4.41. The lowest BCUT2D eigenvalue weighted by Gasteiger charge is -2.17. The summed E-state index contributed by atoms with van der Waals surface area (Å²) in [5.41, 5.74) is 7.64. The number of carboxylic acid groups (broad SMARTS) is 1. The topological polar surface area (TPSA) is 105 Å². The first kappa shape index (κ1) is 10.6. The van der Waals surface area contributed by atoms with Gasteiger partial charge in [-0.05, 0) is 19.3 Å². The van der Waals surface area contributed by atoms with Crippen LogP contribution >= 0.6 is 0 Å². The van der Waals surface area contributed by atoms with Crippen LogP contribution in [0.4, 0.5) is 0 Å². The van der Waals surface area contributed by atoms with Crippen LogP contribution in [-0.2, 0) is 9.59 Å². The van der Waals surface area contributed by atoms with E-state index < -0.39 is 12.0 Å². The Bertz CT molecular complexity index is 265. The highest BCUT2D eigenvalue weighted by molar-refractivity contribution is 5.84. The number of amides is 1. The zero-order chi connectivity index (χ0) is 10.6. The third-order valence-corrected chi connectivity index (χ3v) is 2.17. The van der Waals surface area contributed by atoms with Crippen molar-refractivity contribution in [1.82, 2.24) is 5.43 Å². The molecule has 0 bridgehead atoms. The molecule has 0 aliphatic carbocycles. The fourth-order valence-corrected chi connectivity index (χ4v) is 1.24. The van der Waals surface area contributed by atoms with E-state index in [0.29, 0.717) is 19.3 Å². The van der Waals surface area contributed by atoms with Crippen LogP contribution in [0.2, 0.25) is 0 Å². The highest BCUT2D eigenvalue weighted by atomic mass is 16.4. The van der Waals surface area contributed by atoms with Crippen molar-refractivity contribution < 1.29 is 14.7 Å². The Balaban J connectivity index is 2.34. The van der Waals surface area contributed by atoms with E-state index >= 15 is 0 Å². The molecule has 0 unspecified atom stereocenters. The van der Waals surface area contributed by atoms with E-state index in [1.54, 1.807) is 6.21 Å². The van der Waals surface area contributed by atoms with Crippen molar-refractivity contribution in [3.63, 3.8) is 0 Å². The van der Waals surface area contributed by atoms with Crippen LogP contribution in [0.25, 0.3) is 0 Å². The van der Waals surface area contributed by atoms with Gasteiger partial charge >= 0.3 is 5.97 Å². The fourth-order valence-electron chi connectivity index (χ4n) is 1.24. The monoisotopic (exact) mass is 199 g/mol. The van der Waals surface area contributed by atoms with Crippen molar-refractivity contribution in [2.24, 2.45) is 16.8 Å². The molecule has 0 aromatic rings. The normalized spacial score (nSPS) is 22.9. The van der Waals surface area contributed by atoms with Crippen molar-refractivity contribution in [1.29, 1.82) is 0 Å². The molecule has 0 aromatic heterocycles. The van der Waals surface area contributed by atoms with Crippen LogP contribution in [-0.4, -0.2) is 29.2 Å². The van der Waals surface area contributed by atoms with E-state index in [1.807, 2.05) is 0 Å². The number of carbonyl (C=O) groups is 2. The third-order valence-electron chi connectivity index (χ3n) is 2.17. The van der Waals surface area contributed by atoms with Gasteiger partial charge in [-0.2, -0.15) is 5.10 Å². The predicted octanol–water partition coefficient (Wildman–Crippen LogP) is -0.700. The standard InChI is InChI=1S/C8H13N3O3/c9-6(8(13)14)2-1-5-3-4-10-11-7(5)12/h4-6H,1-3,9H2,(H,11,12)(H,13,14)/t5-,6+/m1/s1. The maximum Gasteiger partial charge on any atom is 0.320 e. The fraction of sp³-hybridized carbons (Fsp3) is 0.625. The zero-order valence-corrected chi connectivity index (χ0v) is 7.64. The van der Waals surface area contributed by atoms with Crippen molar-refractivity contribution in [2.45, 2.75) is 25.3 Å². The van der Waals surface area contributed by atoms with E-state index in [4.69, 9.17) is 10.8 Å². The van der Waals surface area contributed by atoms with Crippen molar-refractivity contribution >= 4 is 18.1 Å². The van der Waals surface area contributed by atoms with Gasteiger partial charge in [-0.3, -0.25) is 9.59 Å². The summed E-state index contributed by atoms with van der Waals surface area (Å²) in [5, 5.41) is 12.1. The van der Waals surface area contributed by atoms with Gasteiger partial charge in [-0.25, -0.2) is 5.43 Å². The first-order valence-corrected chi connectivity index (χ1v) is 4.41. The molecular formula is C8H13N3O3. The molecule has 0 fully saturated rings. The van der Waals surface area contributed by atoms with Gasteiger partial charge in [0.2, 0.25) is 5.91 Å². The van der Waals surface area contributed by atoms with Gasteiger partial charge in [0.25, 0.3) is 0 Å². The van der Waals surface area contributed by atoms with Crippen LogP contribution < -0.4 is 11.2 Å². The molecule has 6 heteroatoms. The second kappa shape index (κ2) is 4.71. The molecule has 4 N–H and O–H groups in total. The molecule has 1 heterocycles. The van der Waals surface area contributed by atoms with Crippen LogP contribution in [0.1, 0.15) is 19.3 Å². The predicted molar refractivity (Wildman–Crippen MR) is 49.6 cm³/mol. The second-order valence-electron chi connectivity index (χ2n) is 3.24. The molecule has 1 rings (SSSR count). The van der Waals surface area contributed by atoms with Crippen LogP contribution in [0.3, 0.4) is 0 Å². The number of nitrogens with two attached hydrogens (primary N) is 1. The molecule has 6 nitrogen and oxygen atoms in total. The largest absolute Gasteiger partial charge is 0.480 e. The number of rotatable bonds is 4. The maximum atomic E-state index is 11.2. The Morgan fingerprint density at radius 2 is 2.57 bits per heavy atom. The van der Waals surface area contributed by atoms with E-state index in [-0.39, 0.29) is 11.8 Å². The van der Waals surface area contributed by atoms with E-state index in [0.717, 1.165) is 0 Å². The number of hydrogen-bond donors (Lipinski definition) is 3. The smallest absolute Gasteiger partial charge is 0.320 e. The third kappa shape index (κ3) is 2.81. The highest BCUT2D eigenvalue weighted by Crippen LogP contribution is 2.13. The lowest BCUT2D eigenvalue weighted by atomic mass is 9.96. The Kier molecular flexibility index (Phi) is 3.58. The average molecular weight is 199 g/mol. The Morgan fingerprint density at radius 3 is 3.14 bits per heavy atom. The molecule has 2 atom stereocenters. The molecule has 0 radical (unpaired) electrons. The molecule has 0 aromatic carbocycles. The highest BCUT2D eigenvalue weighted by Gasteiger charge is 2.22. The Hall–Kier alpha value is -1.43. The van der Waals surface area contributed by atoms with Crippen LogP contribution in [0, 0.1) is 5.92 Å². The van der Waals surface area contributed by atoms with E-state index in [2.05, 4.69) is 10.5 Å². The Labute approximate surface area is 81.2 Å². The molecule has 1 aliphatic rings. The molecular weight excluding hydrogens is 186 g/mol. The van der Waals surface area contributed by atoms with Crippen LogP contribution in [0.5, 0.6) is 0 Å². The molecule has 1 amide bonds. The molecule has 0 saturated heterocycles. The summed E-state index contributed by atoms with van der Waals surface area (Å²) in [7, 11) is 0. The molecule has 78 valence electrons. The number of carboxylic acids is 1. The average Bonchev–Trinajstić information content (AvgIpc) is 2.16. The van der Waals surface area contributed by atoms with Crippen molar-refractivity contribution in [2.75, 3.05) is 0 Å². The number of hydrazone groups is 1. The number of nitrogens with zero attached hydrogens (tertiary/aromatic N) is 1. The van der Waals surface area contributed by atoms with Gasteiger partial charge in [0.15, 0.2) is 0 Å². The van der Waals surface area contributed by atoms with Gasteiger partial charge in [0.05, 0.1) is 0 Å². The lowest BCUT2D eigenvalue weighted by molar-refractivity contribution is -0.139.